The van der Waals surface area contributed by atoms with Crippen molar-refractivity contribution in [2.45, 2.75) is 31.5 Å². The molecule has 166 valence electrons. The van der Waals surface area contributed by atoms with Gasteiger partial charge in [-0.15, -0.1) is 0 Å². The number of benzene rings is 3. The van der Waals surface area contributed by atoms with Crippen LogP contribution in [-0.2, 0) is 6.42 Å². The molecular weight excluding hydrogens is 416 g/mol. The molecule has 1 saturated carbocycles. The van der Waals surface area contributed by atoms with Crippen LogP contribution in [0.15, 0.2) is 103 Å². The molecule has 2 aliphatic carbocycles. The highest BCUT2D eigenvalue weighted by molar-refractivity contribution is 6.84. The summed E-state index contributed by atoms with van der Waals surface area (Å²) in [6.45, 7) is 5.20. The molecule has 0 spiro atoms. The summed E-state index contributed by atoms with van der Waals surface area (Å²) in [6.07, 6.45) is 12.1. The van der Waals surface area contributed by atoms with Crippen molar-refractivity contribution in [1.29, 1.82) is 0 Å². The van der Waals surface area contributed by atoms with E-state index in [9.17, 15) is 0 Å². The third kappa shape index (κ3) is 3.46. The Balaban J connectivity index is 1.40. The van der Waals surface area contributed by atoms with Gasteiger partial charge in [-0.25, -0.2) is 0 Å². The van der Waals surface area contributed by atoms with Gasteiger partial charge in [0.2, 0.25) is 0 Å². The number of hydrogen-bond donors (Lipinski definition) is 1. The number of anilines is 4. The average Bonchev–Trinajstić information content (AvgIpc) is 3.22. The van der Waals surface area contributed by atoms with E-state index >= 15 is 0 Å². The molecule has 1 heterocycles. The average molecular weight is 449 g/mol. The highest BCUT2D eigenvalue weighted by Gasteiger charge is 2.52. The zero-order valence-electron chi connectivity index (χ0n) is 19.5. The number of para-hydroxylation sites is 4. The quantitative estimate of drug-likeness (QED) is 0.406. The summed E-state index contributed by atoms with van der Waals surface area (Å²) < 4.78 is 2.76. The summed E-state index contributed by atoms with van der Waals surface area (Å²) in [5.41, 5.74) is 7.30. The molecule has 3 aliphatic rings. The van der Waals surface area contributed by atoms with Crippen LogP contribution in [0.2, 0.25) is 18.6 Å². The molecule has 3 aromatic rings. The lowest BCUT2D eigenvalue weighted by Gasteiger charge is -2.48. The van der Waals surface area contributed by atoms with E-state index in [-0.39, 0.29) is 0 Å². The fourth-order valence-electron chi connectivity index (χ4n) is 6.66. The van der Waals surface area contributed by atoms with Crippen molar-refractivity contribution in [3.63, 3.8) is 0 Å². The number of fused-ring (bicyclic) bond motifs is 3. The minimum atomic E-state index is -1.93. The van der Waals surface area contributed by atoms with Gasteiger partial charge in [0.1, 0.15) is 0 Å². The molecule has 0 bridgehead atoms. The fraction of sp³-hybridized carbons (Fsp3) is 0.267. The zero-order valence-corrected chi connectivity index (χ0v) is 20.5. The van der Waals surface area contributed by atoms with Crippen molar-refractivity contribution in [2.24, 2.45) is 17.8 Å². The van der Waals surface area contributed by atoms with Crippen molar-refractivity contribution in [2.75, 3.05) is 9.88 Å². The molecule has 1 aliphatic heterocycles. The first kappa shape index (κ1) is 20.6. The van der Waals surface area contributed by atoms with Gasteiger partial charge < -0.3 is 9.88 Å². The molecule has 33 heavy (non-hydrogen) atoms. The van der Waals surface area contributed by atoms with E-state index in [0.717, 1.165) is 0 Å². The van der Waals surface area contributed by atoms with E-state index in [4.69, 9.17) is 0 Å². The monoisotopic (exact) mass is 448 g/mol. The number of nitrogens with one attached hydrogen (secondary N) is 1. The summed E-state index contributed by atoms with van der Waals surface area (Å²) >= 11 is 0. The second kappa shape index (κ2) is 8.07. The first-order valence-corrected chi connectivity index (χ1v) is 15.3. The normalized spacial score (nSPS) is 25.2. The van der Waals surface area contributed by atoms with E-state index in [1.165, 1.54) is 41.2 Å². The topological polar surface area (TPSA) is 15.3 Å². The molecule has 0 amide bonds. The summed E-state index contributed by atoms with van der Waals surface area (Å²) in [4.78, 5) is 0. The van der Waals surface area contributed by atoms with E-state index in [2.05, 4.69) is 126 Å². The molecule has 3 heteroatoms. The maximum atomic E-state index is 3.69. The van der Waals surface area contributed by atoms with Gasteiger partial charge >= 0.3 is 0 Å². The van der Waals surface area contributed by atoms with Gasteiger partial charge in [0.05, 0.1) is 22.7 Å². The molecule has 3 aromatic carbocycles. The van der Waals surface area contributed by atoms with Gasteiger partial charge in [0.25, 0.3) is 0 Å². The minimum Gasteiger partial charge on any atom is -0.366 e. The van der Waals surface area contributed by atoms with E-state index < -0.39 is 8.24 Å². The van der Waals surface area contributed by atoms with E-state index in [0.29, 0.717) is 23.3 Å². The van der Waals surface area contributed by atoms with Gasteiger partial charge in [-0.2, -0.15) is 0 Å². The van der Waals surface area contributed by atoms with E-state index in [1.54, 1.807) is 0 Å². The van der Waals surface area contributed by atoms with Crippen molar-refractivity contribution in [1.82, 2.24) is 0 Å². The van der Waals surface area contributed by atoms with Crippen molar-refractivity contribution >= 4 is 31.0 Å². The molecule has 6 rings (SSSR count). The van der Waals surface area contributed by atoms with Crippen molar-refractivity contribution < 1.29 is 0 Å². The van der Waals surface area contributed by atoms with Gasteiger partial charge in [-0.1, -0.05) is 92.0 Å². The lowest BCUT2D eigenvalue weighted by molar-refractivity contribution is 0.416. The highest BCUT2D eigenvalue weighted by Crippen LogP contribution is 2.57. The second-order valence-electron chi connectivity index (χ2n) is 10.4. The van der Waals surface area contributed by atoms with Crippen LogP contribution >= 0.6 is 0 Å². The van der Waals surface area contributed by atoms with Crippen molar-refractivity contribution in [3.8, 4) is 0 Å². The van der Waals surface area contributed by atoms with Crippen LogP contribution in [0.5, 0.6) is 0 Å². The lowest BCUT2D eigenvalue weighted by Crippen LogP contribution is -2.52. The molecule has 4 atom stereocenters. The summed E-state index contributed by atoms with van der Waals surface area (Å²) in [6, 6.07) is 28.8. The third-order valence-corrected chi connectivity index (χ3v) is 12.2. The maximum absolute atomic E-state index is 3.69. The molecule has 0 saturated heterocycles. The molecule has 0 radical (unpaired) electrons. The third-order valence-electron chi connectivity index (χ3n) is 8.17. The summed E-state index contributed by atoms with van der Waals surface area (Å²) in [7, 11) is -1.93. The van der Waals surface area contributed by atoms with Crippen LogP contribution in [0.4, 0.5) is 22.7 Å². The molecule has 0 aromatic heterocycles. The Morgan fingerprint density at radius 2 is 1.33 bits per heavy atom. The first-order chi connectivity index (χ1) is 16.1. The SMILES string of the molecule is C[Si](C)(C1C[C@H](Cc2ccccc2)[C@@H]2C=CC=C[C@H]12)N1c2ccccc2Nc2ccccc21. The highest BCUT2D eigenvalue weighted by atomic mass is 28.3. The summed E-state index contributed by atoms with van der Waals surface area (Å²) in [5.74, 6) is 1.96. The number of nitrogens with zero attached hydrogens (tertiary/aromatic N) is 1. The largest absolute Gasteiger partial charge is 0.366 e. The van der Waals surface area contributed by atoms with Crippen LogP contribution in [0.1, 0.15) is 12.0 Å². The molecular formula is C30H32N2Si. The number of allylic oxidation sites excluding steroid dienone is 4. The smallest absolute Gasteiger partial charge is 0.160 e. The minimum absolute atomic E-state index is 0.625. The Labute approximate surface area is 198 Å². The van der Waals surface area contributed by atoms with Gasteiger partial charge in [0, 0.05) is 0 Å². The van der Waals surface area contributed by atoms with Crippen LogP contribution < -0.4 is 9.88 Å². The Kier molecular flexibility index (Phi) is 5.03. The molecule has 2 nitrogen and oxygen atoms in total. The Bertz CT molecular complexity index is 1170. The molecule has 1 unspecified atom stereocenters. The standard InChI is InChI=1S/C30H32N2Si/c1-33(2,32-28-18-10-8-16-26(28)31-27-17-9-11-19-29(27)32)30-21-23(20-22-12-4-3-5-13-22)24-14-6-7-15-25(24)30/h3-19,23-25,30-31H,20-21H2,1-2H3/t23-,24-,25-,30?/m0/s1. The number of rotatable bonds is 4. The maximum Gasteiger partial charge on any atom is 0.160 e. The zero-order chi connectivity index (χ0) is 22.4. The van der Waals surface area contributed by atoms with E-state index in [1.807, 2.05) is 0 Å². The summed E-state index contributed by atoms with van der Waals surface area (Å²) in [5, 5.41) is 3.69. The Hall–Kier alpha value is -3.04. The predicted molar refractivity (Wildman–Crippen MR) is 143 cm³/mol. The number of hydrogen-bond acceptors (Lipinski definition) is 2. The van der Waals surface area contributed by atoms with Crippen LogP contribution in [0.25, 0.3) is 0 Å². The molecule has 1 N–H and O–H groups in total. The lowest BCUT2D eigenvalue weighted by atomic mass is 9.83. The van der Waals surface area contributed by atoms with Gasteiger partial charge in [0.15, 0.2) is 8.24 Å². The first-order valence-electron chi connectivity index (χ1n) is 12.3. The second-order valence-corrected chi connectivity index (χ2v) is 14.9. The van der Waals surface area contributed by atoms with Gasteiger partial charge in [-0.3, -0.25) is 0 Å². The Morgan fingerprint density at radius 3 is 2.00 bits per heavy atom. The van der Waals surface area contributed by atoms with Gasteiger partial charge in [-0.05, 0) is 66.0 Å². The van der Waals surface area contributed by atoms with Crippen molar-refractivity contribution in [3.05, 3.63) is 109 Å². The fourth-order valence-corrected chi connectivity index (χ4v) is 10.8. The van der Waals surface area contributed by atoms with Crippen LogP contribution in [0, 0.1) is 17.8 Å². The predicted octanol–water partition coefficient (Wildman–Crippen LogP) is 8.08. The van der Waals surface area contributed by atoms with Crippen LogP contribution in [-0.4, -0.2) is 8.24 Å². The Morgan fingerprint density at radius 1 is 0.758 bits per heavy atom. The molecule has 1 fully saturated rings. The van der Waals surface area contributed by atoms with Crippen LogP contribution in [0.3, 0.4) is 0 Å².